The first-order valence-corrected chi connectivity index (χ1v) is 18.6. The zero-order chi connectivity index (χ0) is 37.0. The summed E-state index contributed by atoms with van der Waals surface area (Å²) in [6.45, 7) is 8.65. The van der Waals surface area contributed by atoms with Crippen LogP contribution in [0.1, 0.15) is 63.8 Å². The monoisotopic (exact) mass is 703 g/mol. The lowest BCUT2D eigenvalue weighted by Crippen LogP contribution is -2.55. The molecule has 5 N–H and O–H groups in total. The second kappa shape index (κ2) is 18.5. The lowest BCUT2D eigenvalue weighted by molar-refractivity contribution is -0.132. The van der Waals surface area contributed by atoms with Gasteiger partial charge in [-0.05, 0) is 63.8 Å². The van der Waals surface area contributed by atoms with E-state index in [2.05, 4.69) is 88.3 Å². The molecule has 0 bridgehead atoms. The Morgan fingerprint density at radius 2 is 1.37 bits per heavy atom. The van der Waals surface area contributed by atoms with Crippen molar-refractivity contribution in [3.05, 3.63) is 114 Å². The third-order valence-corrected chi connectivity index (χ3v) is 9.92. The number of fused-ring (bicyclic) bond motifs is 2. The van der Waals surface area contributed by atoms with Crippen LogP contribution in [0.25, 0.3) is 21.5 Å². The number of hydrogen-bond donors (Lipinski definition) is 5. The second-order valence-electron chi connectivity index (χ2n) is 14.5. The van der Waals surface area contributed by atoms with Gasteiger partial charge >= 0.3 is 0 Å². The maximum atomic E-state index is 14.5. The lowest BCUT2D eigenvalue weighted by Gasteiger charge is -2.29. The highest BCUT2D eigenvalue weighted by Crippen LogP contribution is 2.26. The van der Waals surface area contributed by atoms with Gasteiger partial charge in [0.2, 0.25) is 17.7 Å². The predicted molar refractivity (Wildman–Crippen MR) is 207 cm³/mol. The van der Waals surface area contributed by atoms with Crippen LogP contribution < -0.4 is 16.0 Å². The third kappa shape index (κ3) is 10.5. The number of aromatic nitrogens is 2. The van der Waals surface area contributed by atoms with Crippen molar-refractivity contribution in [2.24, 2.45) is 17.8 Å². The Morgan fingerprint density at radius 3 is 1.92 bits per heavy atom. The van der Waals surface area contributed by atoms with Crippen LogP contribution in [0.5, 0.6) is 0 Å². The number of nitrogens with zero attached hydrogens (tertiary/aromatic N) is 1. The van der Waals surface area contributed by atoms with Crippen molar-refractivity contribution in [2.45, 2.75) is 84.4 Å². The summed E-state index contributed by atoms with van der Waals surface area (Å²) < 4.78 is 0. The van der Waals surface area contributed by atoms with Gasteiger partial charge in [-0.25, -0.2) is 4.98 Å². The predicted octanol–water partition coefficient (Wildman–Crippen LogP) is 6.29. The molecule has 4 atom stereocenters. The molecule has 9 heteroatoms. The minimum Gasteiger partial charge on any atom is -0.390 e. The van der Waals surface area contributed by atoms with Gasteiger partial charge in [0.05, 0.1) is 30.6 Å². The second-order valence-corrected chi connectivity index (χ2v) is 14.5. The molecule has 1 heterocycles. The maximum absolute atomic E-state index is 14.5. The van der Waals surface area contributed by atoms with Crippen LogP contribution in [0, 0.1) is 17.8 Å². The Hall–Kier alpha value is -5.02. The van der Waals surface area contributed by atoms with E-state index in [1.54, 1.807) is 12.5 Å². The molecule has 4 aromatic carbocycles. The molecule has 1 aromatic heterocycles. The van der Waals surface area contributed by atoms with Gasteiger partial charge in [0.1, 0.15) is 6.04 Å². The van der Waals surface area contributed by atoms with Crippen molar-refractivity contribution in [1.29, 1.82) is 0 Å². The van der Waals surface area contributed by atoms with Gasteiger partial charge in [0, 0.05) is 25.1 Å². The van der Waals surface area contributed by atoms with Crippen LogP contribution in [-0.4, -0.2) is 57.5 Å². The first-order chi connectivity index (χ1) is 25.1. The van der Waals surface area contributed by atoms with Crippen LogP contribution in [0.15, 0.2) is 97.5 Å². The Labute approximate surface area is 307 Å². The molecular weight excluding hydrogens is 651 g/mol. The standard InChI is InChI=1S/C43H53N5O4/c1-5-29(4)25-45-41(50)24-40(49)38(20-28(2)3)47-43(52)39(23-35-26-44-27-46-35)48-42(51)34(21-32-16-10-14-30-12-6-8-18-36(30)32)22-33-17-11-15-31-13-7-9-19-37(31)33/h6-19,26-29,34,38-40,49H,5,20-25H2,1-4H3,(H,44,46)(H,45,50)(H,47,52)(H,48,51)/t29?,38?,39-,40?/m0/s1. The van der Waals surface area contributed by atoms with Gasteiger partial charge in [-0.2, -0.15) is 0 Å². The summed E-state index contributed by atoms with van der Waals surface area (Å²) in [4.78, 5) is 48.7. The summed E-state index contributed by atoms with van der Waals surface area (Å²) in [5.74, 6) is -0.992. The summed E-state index contributed by atoms with van der Waals surface area (Å²) in [6.07, 6.45) is 4.48. The van der Waals surface area contributed by atoms with Crippen molar-refractivity contribution < 1.29 is 19.5 Å². The number of nitrogens with one attached hydrogen (secondary N) is 4. The fourth-order valence-corrected chi connectivity index (χ4v) is 6.78. The number of H-pyrrole nitrogens is 1. The number of aliphatic hydroxyl groups excluding tert-OH is 1. The Balaban J connectivity index is 1.41. The summed E-state index contributed by atoms with van der Waals surface area (Å²) in [7, 11) is 0. The number of amides is 3. The molecule has 0 aliphatic rings. The summed E-state index contributed by atoms with van der Waals surface area (Å²) in [6, 6.07) is 27.0. The van der Waals surface area contributed by atoms with Crippen LogP contribution >= 0.6 is 0 Å². The van der Waals surface area contributed by atoms with Crippen LogP contribution in [0.2, 0.25) is 0 Å². The van der Waals surface area contributed by atoms with Crippen molar-refractivity contribution >= 4 is 39.3 Å². The Morgan fingerprint density at radius 1 is 0.769 bits per heavy atom. The van der Waals surface area contributed by atoms with Gasteiger partial charge < -0.3 is 26.0 Å². The van der Waals surface area contributed by atoms with E-state index in [1.807, 2.05) is 50.2 Å². The topological polar surface area (TPSA) is 136 Å². The van der Waals surface area contributed by atoms with Crippen LogP contribution in [-0.2, 0) is 33.6 Å². The molecule has 0 spiro atoms. The molecule has 3 unspecified atom stereocenters. The number of benzene rings is 4. The third-order valence-electron chi connectivity index (χ3n) is 9.92. The molecule has 9 nitrogen and oxygen atoms in total. The first-order valence-electron chi connectivity index (χ1n) is 18.6. The summed E-state index contributed by atoms with van der Waals surface area (Å²) in [5.41, 5.74) is 2.72. The van der Waals surface area contributed by atoms with E-state index in [4.69, 9.17) is 0 Å². The highest BCUT2D eigenvalue weighted by atomic mass is 16.3. The number of carbonyl (C=O) groups excluding carboxylic acids is 3. The molecule has 0 aliphatic carbocycles. The minimum atomic E-state index is -1.10. The van der Waals surface area contributed by atoms with Crippen molar-refractivity contribution in [3.8, 4) is 0 Å². The summed E-state index contributed by atoms with van der Waals surface area (Å²) in [5, 5.41) is 24.6. The number of carbonyl (C=O) groups is 3. The van der Waals surface area contributed by atoms with Gasteiger partial charge in [-0.15, -0.1) is 0 Å². The molecule has 5 aromatic rings. The number of aromatic amines is 1. The Kier molecular flexibility index (Phi) is 13.6. The van der Waals surface area contributed by atoms with E-state index in [-0.39, 0.29) is 30.6 Å². The maximum Gasteiger partial charge on any atom is 0.243 e. The molecule has 52 heavy (non-hydrogen) atoms. The molecule has 0 saturated carbocycles. The highest BCUT2D eigenvalue weighted by Gasteiger charge is 2.31. The molecule has 0 aliphatic heterocycles. The molecule has 0 radical (unpaired) electrons. The van der Waals surface area contributed by atoms with E-state index in [1.165, 1.54) is 0 Å². The largest absolute Gasteiger partial charge is 0.390 e. The summed E-state index contributed by atoms with van der Waals surface area (Å²) >= 11 is 0. The number of imidazole rings is 1. The van der Waals surface area contributed by atoms with Gasteiger partial charge in [0.25, 0.3) is 0 Å². The Bertz CT molecular complexity index is 1830. The average molecular weight is 704 g/mol. The molecular formula is C43H53N5O4. The first kappa shape index (κ1) is 38.2. The van der Waals surface area contributed by atoms with Crippen molar-refractivity contribution in [2.75, 3.05) is 6.54 Å². The fraction of sp³-hybridized carbons (Fsp3) is 0.395. The number of rotatable bonds is 18. The zero-order valence-corrected chi connectivity index (χ0v) is 30.8. The van der Waals surface area contributed by atoms with E-state index in [0.29, 0.717) is 37.4 Å². The molecule has 5 rings (SSSR count). The van der Waals surface area contributed by atoms with E-state index in [0.717, 1.165) is 39.1 Å². The van der Waals surface area contributed by atoms with Crippen LogP contribution in [0.4, 0.5) is 0 Å². The van der Waals surface area contributed by atoms with Gasteiger partial charge in [-0.1, -0.05) is 119 Å². The zero-order valence-electron chi connectivity index (χ0n) is 30.8. The minimum absolute atomic E-state index is 0.133. The van der Waals surface area contributed by atoms with E-state index in [9.17, 15) is 19.5 Å². The fourth-order valence-electron chi connectivity index (χ4n) is 6.78. The quantitative estimate of drug-likeness (QED) is 0.0731. The number of hydrogen-bond acceptors (Lipinski definition) is 5. The van der Waals surface area contributed by atoms with Crippen molar-refractivity contribution in [3.63, 3.8) is 0 Å². The molecule has 274 valence electrons. The van der Waals surface area contributed by atoms with E-state index >= 15 is 0 Å². The molecule has 0 saturated heterocycles. The van der Waals surface area contributed by atoms with Gasteiger partial charge in [-0.3, -0.25) is 14.4 Å². The van der Waals surface area contributed by atoms with Crippen LogP contribution in [0.3, 0.4) is 0 Å². The molecule has 0 fully saturated rings. The number of aliphatic hydroxyl groups is 1. The highest BCUT2D eigenvalue weighted by molar-refractivity contribution is 5.91. The lowest BCUT2D eigenvalue weighted by atomic mass is 9.87. The van der Waals surface area contributed by atoms with Gasteiger partial charge in [0.15, 0.2) is 0 Å². The molecule has 3 amide bonds. The normalized spacial score (nSPS) is 13.9. The smallest absolute Gasteiger partial charge is 0.243 e. The van der Waals surface area contributed by atoms with Crippen molar-refractivity contribution in [1.82, 2.24) is 25.9 Å². The average Bonchev–Trinajstić information content (AvgIpc) is 3.66. The SMILES string of the molecule is CCC(C)CNC(=O)CC(O)C(CC(C)C)NC(=O)[C@H](Cc1c[nH]cn1)NC(=O)C(Cc1cccc2ccccc12)Cc1cccc2ccccc12. The van der Waals surface area contributed by atoms with E-state index < -0.39 is 30.0 Å².